The minimum atomic E-state index is -0.596. The molecular formula is C8H8NO. The number of hydrogen-bond acceptors (Lipinski definition) is 2. The standard InChI is InChI=1S/C8H8NO/c9-8(6-10)7-4-2-1-3-5-7/h1-5,8H,9H2. The summed E-state index contributed by atoms with van der Waals surface area (Å²) in [5.74, 6) is 0. The zero-order chi connectivity index (χ0) is 7.40. The van der Waals surface area contributed by atoms with E-state index < -0.39 is 6.04 Å². The molecule has 2 N–H and O–H groups in total. The van der Waals surface area contributed by atoms with Crippen LogP contribution in [0.3, 0.4) is 0 Å². The lowest BCUT2D eigenvalue weighted by molar-refractivity contribution is 0.544. The molecule has 51 valence electrons. The van der Waals surface area contributed by atoms with Crippen molar-refractivity contribution in [3.8, 4) is 0 Å². The van der Waals surface area contributed by atoms with E-state index in [1.54, 1.807) is 18.4 Å². The van der Waals surface area contributed by atoms with Gasteiger partial charge in [-0.3, -0.25) is 4.79 Å². The van der Waals surface area contributed by atoms with Crippen molar-refractivity contribution in [2.24, 2.45) is 5.73 Å². The highest BCUT2D eigenvalue weighted by atomic mass is 16.1. The second-order valence-electron chi connectivity index (χ2n) is 2.01. The van der Waals surface area contributed by atoms with E-state index in [1.807, 2.05) is 18.2 Å². The predicted molar refractivity (Wildman–Crippen MR) is 39.1 cm³/mol. The van der Waals surface area contributed by atoms with Crippen molar-refractivity contribution in [1.29, 1.82) is 0 Å². The third kappa shape index (κ3) is 1.42. The molecule has 10 heavy (non-hydrogen) atoms. The Morgan fingerprint density at radius 1 is 1.30 bits per heavy atom. The van der Waals surface area contributed by atoms with Crippen LogP contribution >= 0.6 is 0 Å². The minimum absolute atomic E-state index is 0.596. The summed E-state index contributed by atoms with van der Waals surface area (Å²) >= 11 is 0. The van der Waals surface area contributed by atoms with Crippen LogP contribution in [0.15, 0.2) is 30.3 Å². The Balaban J connectivity index is 2.84. The van der Waals surface area contributed by atoms with Gasteiger partial charge in [-0.2, -0.15) is 0 Å². The Morgan fingerprint density at radius 3 is 2.40 bits per heavy atom. The normalized spacial score (nSPS) is 12.5. The first-order valence-electron chi connectivity index (χ1n) is 3.03. The Kier molecular flexibility index (Phi) is 2.18. The lowest BCUT2D eigenvalue weighted by Gasteiger charge is -1.99. The van der Waals surface area contributed by atoms with Crippen LogP contribution in [0.25, 0.3) is 0 Å². The summed E-state index contributed by atoms with van der Waals surface area (Å²) in [6.07, 6.45) is 1.71. The van der Waals surface area contributed by atoms with E-state index in [4.69, 9.17) is 5.73 Å². The maximum absolute atomic E-state index is 10.1. The van der Waals surface area contributed by atoms with Gasteiger partial charge in [0.15, 0.2) is 0 Å². The minimum Gasteiger partial charge on any atom is -0.317 e. The molecule has 1 rings (SSSR count). The summed E-state index contributed by atoms with van der Waals surface area (Å²) in [6, 6.07) is 8.56. The molecule has 1 aromatic carbocycles. The number of benzene rings is 1. The Bertz CT molecular complexity index is 208. The summed E-state index contributed by atoms with van der Waals surface area (Å²) < 4.78 is 0. The largest absolute Gasteiger partial charge is 0.317 e. The predicted octanol–water partition coefficient (Wildman–Crippen LogP) is 0.796. The number of hydrogen-bond donors (Lipinski definition) is 1. The Morgan fingerprint density at radius 2 is 1.90 bits per heavy atom. The zero-order valence-electron chi connectivity index (χ0n) is 5.45. The molecule has 0 saturated heterocycles. The SMILES string of the molecule is NC([C]=O)c1ccccc1. The molecule has 0 amide bonds. The van der Waals surface area contributed by atoms with E-state index in [9.17, 15) is 4.79 Å². The Hall–Kier alpha value is -1.15. The zero-order valence-corrected chi connectivity index (χ0v) is 5.45. The van der Waals surface area contributed by atoms with E-state index in [-0.39, 0.29) is 0 Å². The average Bonchev–Trinajstić information content (AvgIpc) is 2.05. The van der Waals surface area contributed by atoms with Crippen LogP contribution < -0.4 is 5.73 Å². The van der Waals surface area contributed by atoms with E-state index in [0.29, 0.717) is 0 Å². The molecule has 2 nitrogen and oxygen atoms in total. The lowest BCUT2D eigenvalue weighted by atomic mass is 10.1. The highest BCUT2D eigenvalue weighted by Gasteiger charge is 2.01. The van der Waals surface area contributed by atoms with Crippen molar-refractivity contribution in [3.05, 3.63) is 35.9 Å². The monoisotopic (exact) mass is 134 g/mol. The molecule has 0 aliphatic carbocycles. The van der Waals surface area contributed by atoms with E-state index in [2.05, 4.69) is 0 Å². The van der Waals surface area contributed by atoms with Crippen molar-refractivity contribution in [3.63, 3.8) is 0 Å². The molecule has 0 spiro atoms. The number of rotatable bonds is 2. The molecule has 0 aliphatic rings. The van der Waals surface area contributed by atoms with Gasteiger partial charge in [-0.25, -0.2) is 0 Å². The molecule has 0 fully saturated rings. The first kappa shape index (κ1) is 6.96. The summed E-state index contributed by atoms with van der Waals surface area (Å²) in [4.78, 5) is 10.1. The van der Waals surface area contributed by atoms with Crippen molar-refractivity contribution < 1.29 is 4.79 Å². The first-order chi connectivity index (χ1) is 4.84. The molecule has 1 atom stereocenters. The van der Waals surface area contributed by atoms with Gasteiger partial charge in [0.2, 0.25) is 6.29 Å². The summed E-state index contributed by atoms with van der Waals surface area (Å²) in [5, 5.41) is 0. The summed E-state index contributed by atoms with van der Waals surface area (Å²) in [5.41, 5.74) is 6.17. The fourth-order valence-corrected chi connectivity index (χ4v) is 0.728. The maximum atomic E-state index is 10.1. The molecule has 1 radical (unpaired) electrons. The van der Waals surface area contributed by atoms with Crippen LogP contribution in [0.4, 0.5) is 0 Å². The van der Waals surface area contributed by atoms with Gasteiger partial charge in [0, 0.05) is 0 Å². The number of nitrogens with two attached hydrogens (primary N) is 1. The summed E-state index contributed by atoms with van der Waals surface area (Å²) in [7, 11) is 0. The molecule has 1 unspecified atom stereocenters. The van der Waals surface area contributed by atoms with Gasteiger partial charge in [0.1, 0.15) is 0 Å². The van der Waals surface area contributed by atoms with Gasteiger partial charge in [-0.15, -0.1) is 0 Å². The first-order valence-corrected chi connectivity index (χ1v) is 3.03. The molecule has 0 aromatic heterocycles. The number of carbonyl (C=O) groups excluding carboxylic acids is 1. The molecular weight excluding hydrogens is 126 g/mol. The lowest BCUT2D eigenvalue weighted by Crippen LogP contribution is -2.10. The van der Waals surface area contributed by atoms with Gasteiger partial charge < -0.3 is 5.73 Å². The molecule has 0 heterocycles. The van der Waals surface area contributed by atoms with Crippen LogP contribution in [0.1, 0.15) is 11.6 Å². The van der Waals surface area contributed by atoms with Gasteiger partial charge >= 0.3 is 0 Å². The molecule has 0 aliphatic heterocycles. The van der Waals surface area contributed by atoms with Gasteiger partial charge in [-0.1, -0.05) is 30.3 Å². The van der Waals surface area contributed by atoms with Crippen LogP contribution in [0.5, 0.6) is 0 Å². The molecule has 2 heteroatoms. The fraction of sp³-hybridized carbons (Fsp3) is 0.125. The van der Waals surface area contributed by atoms with Crippen LogP contribution in [-0.4, -0.2) is 6.29 Å². The van der Waals surface area contributed by atoms with Gasteiger partial charge in [-0.05, 0) is 5.56 Å². The van der Waals surface area contributed by atoms with Crippen LogP contribution in [0.2, 0.25) is 0 Å². The smallest absolute Gasteiger partial charge is 0.221 e. The van der Waals surface area contributed by atoms with Crippen molar-refractivity contribution in [2.45, 2.75) is 6.04 Å². The topological polar surface area (TPSA) is 43.1 Å². The third-order valence-corrected chi connectivity index (χ3v) is 1.29. The van der Waals surface area contributed by atoms with E-state index in [0.717, 1.165) is 5.56 Å². The van der Waals surface area contributed by atoms with Crippen LogP contribution in [0, 0.1) is 0 Å². The van der Waals surface area contributed by atoms with Crippen LogP contribution in [-0.2, 0) is 4.79 Å². The van der Waals surface area contributed by atoms with E-state index >= 15 is 0 Å². The van der Waals surface area contributed by atoms with E-state index in [1.165, 1.54) is 0 Å². The highest BCUT2D eigenvalue weighted by Crippen LogP contribution is 2.05. The summed E-state index contributed by atoms with van der Waals surface area (Å²) in [6.45, 7) is 0. The molecule has 1 aromatic rings. The maximum Gasteiger partial charge on any atom is 0.221 e. The average molecular weight is 134 g/mol. The van der Waals surface area contributed by atoms with Crippen molar-refractivity contribution >= 4 is 6.29 Å². The second-order valence-corrected chi connectivity index (χ2v) is 2.01. The fourth-order valence-electron chi connectivity index (χ4n) is 0.728. The quantitative estimate of drug-likeness (QED) is 0.650. The van der Waals surface area contributed by atoms with Crippen molar-refractivity contribution in [1.82, 2.24) is 0 Å². The molecule has 0 saturated carbocycles. The van der Waals surface area contributed by atoms with Gasteiger partial charge in [0.25, 0.3) is 0 Å². The van der Waals surface area contributed by atoms with Crippen molar-refractivity contribution in [2.75, 3.05) is 0 Å². The molecule has 0 bridgehead atoms. The second kappa shape index (κ2) is 3.13. The van der Waals surface area contributed by atoms with Gasteiger partial charge in [0.05, 0.1) is 6.04 Å². The Labute approximate surface area is 59.7 Å². The highest BCUT2D eigenvalue weighted by molar-refractivity contribution is 5.61. The third-order valence-electron chi connectivity index (χ3n) is 1.29.